The van der Waals surface area contributed by atoms with Gasteiger partial charge in [0, 0.05) is 0 Å². The molecule has 0 heterocycles. The standard InChI is InChI=1S/C10H19/c1-4-6-7-9-10(3)8-5-2/h4,6,10H,2,5,7-9H2,1,3H3. The average Bonchev–Trinajstić information content (AvgIpc) is 1.89. The van der Waals surface area contributed by atoms with Gasteiger partial charge >= 0.3 is 0 Å². The minimum atomic E-state index is 0.855. The third-order valence-corrected chi connectivity index (χ3v) is 1.76. The molecule has 0 aromatic carbocycles. The summed E-state index contributed by atoms with van der Waals surface area (Å²) in [6, 6.07) is 0. The Balaban J connectivity index is 3.12. The van der Waals surface area contributed by atoms with E-state index in [4.69, 9.17) is 0 Å². The molecule has 0 amide bonds. The highest BCUT2D eigenvalue weighted by molar-refractivity contribution is 4.77. The first kappa shape index (κ1) is 9.74. The molecule has 0 aromatic heterocycles. The molecule has 0 fully saturated rings. The van der Waals surface area contributed by atoms with E-state index in [1.54, 1.807) is 0 Å². The second-order valence-electron chi connectivity index (χ2n) is 2.89. The summed E-state index contributed by atoms with van der Waals surface area (Å²) in [5.74, 6) is 0.855. The number of hydrogen-bond donors (Lipinski definition) is 0. The average molecular weight is 139 g/mol. The molecule has 0 bridgehead atoms. The van der Waals surface area contributed by atoms with Crippen LogP contribution >= 0.6 is 0 Å². The van der Waals surface area contributed by atoms with Gasteiger partial charge in [-0.1, -0.05) is 38.8 Å². The van der Waals surface area contributed by atoms with E-state index in [0.29, 0.717) is 0 Å². The lowest BCUT2D eigenvalue weighted by Gasteiger charge is -2.06. The third-order valence-electron chi connectivity index (χ3n) is 1.76. The second-order valence-corrected chi connectivity index (χ2v) is 2.89. The highest BCUT2D eigenvalue weighted by Crippen LogP contribution is 2.11. The van der Waals surface area contributed by atoms with Crippen LogP contribution in [-0.2, 0) is 0 Å². The molecule has 0 saturated heterocycles. The van der Waals surface area contributed by atoms with E-state index in [0.717, 1.165) is 12.3 Å². The van der Waals surface area contributed by atoms with Crippen LogP contribution in [0.2, 0.25) is 0 Å². The molecular weight excluding hydrogens is 120 g/mol. The Kier molecular flexibility index (Phi) is 6.68. The van der Waals surface area contributed by atoms with Crippen molar-refractivity contribution in [3.63, 3.8) is 0 Å². The molecule has 1 radical (unpaired) electrons. The normalized spacial score (nSPS) is 14.3. The van der Waals surface area contributed by atoms with Gasteiger partial charge in [-0.05, 0) is 25.7 Å². The SMILES string of the molecule is [CH2]CCC(C)CCC=CC. The zero-order valence-corrected chi connectivity index (χ0v) is 7.27. The maximum atomic E-state index is 3.84. The third kappa shape index (κ3) is 5.87. The number of hydrogen-bond acceptors (Lipinski definition) is 0. The Labute approximate surface area is 65.3 Å². The van der Waals surface area contributed by atoms with Gasteiger partial charge < -0.3 is 0 Å². The fourth-order valence-corrected chi connectivity index (χ4v) is 1.04. The van der Waals surface area contributed by atoms with Crippen molar-refractivity contribution in [3.05, 3.63) is 19.1 Å². The van der Waals surface area contributed by atoms with E-state index >= 15 is 0 Å². The van der Waals surface area contributed by atoms with Crippen LogP contribution in [0, 0.1) is 12.8 Å². The first-order valence-electron chi connectivity index (χ1n) is 4.21. The van der Waals surface area contributed by atoms with Crippen molar-refractivity contribution < 1.29 is 0 Å². The van der Waals surface area contributed by atoms with Crippen molar-refractivity contribution >= 4 is 0 Å². The van der Waals surface area contributed by atoms with Crippen LogP contribution in [0.1, 0.15) is 39.5 Å². The molecule has 10 heavy (non-hydrogen) atoms. The Morgan fingerprint density at radius 3 is 2.60 bits per heavy atom. The molecule has 1 unspecified atom stereocenters. The predicted octanol–water partition coefficient (Wildman–Crippen LogP) is 3.59. The Hall–Kier alpha value is -0.260. The van der Waals surface area contributed by atoms with Crippen LogP contribution in [0.3, 0.4) is 0 Å². The summed E-state index contributed by atoms with van der Waals surface area (Å²) in [6.45, 7) is 8.21. The van der Waals surface area contributed by atoms with Gasteiger partial charge in [0.05, 0.1) is 0 Å². The summed E-state index contributed by atoms with van der Waals surface area (Å²) >= 11 is 0. The zero-order chi connectivity index (χ0) is 7.82. The van der Waals surface area contributed by atoms with Crippen LogP contribution in [0.4, 0.5) is 0 Å². The van der Waals surface area contributed by atoms with Gasteiger partial charge in [-0.3, -0.25) is 0 Å². The van der Waals surface area contributed by atoms with Crippen molar-refractivity contribution in [1.82, 2.24) is 0 Å². The van der Waals surface area contributed by atoms with Gasteiger partial charge in [-0.25, -0.2) is 0 Å². The molecule has 0 aliphatic carbocycles. The molecule has 0 saturated carbocycles. The first-order valence-corrected chi connectivity index (χ1v) is 4.21. The Morgan fingerprint density at radius 2 is 2.10 bits per heavy atom. The van der Waals surface area contributed by atoms with E-state index in [1.807, 2.05) is 0 Å². The van der Waals surface area contributed by atoms with Gasteiger partial charge in [0.2, 0.25) is 0 Å². The van der Waals surface area contributed by atoms with Crippen molar-refractivity contribution in [2.45, 2.75) is 39.5 Å². The minimum absolute atomic E-state index is 0.855. The molecule has 0 N–H and O–H groups in total. The van der Waals surface area contributed by atoms with Gasteiger partial charge in [0.1, 0.15) is 0 Å². The quantitative estimate of drug-likeness (QED) is 0.510. The molecule has 0 aliphatic heterocycles. The van der Waals surface area contributed by atoms with Gasteiger partial charge in [0.15, 0.2) is 0 Å². The summed E-state index contributed by atoms with van der Waals surface area (Å²) in [5, 5.41) is 0. The molecule has 0 aromatic rings. The topological polar surface area (TPSA) is 0 Å². The maximum Gasteiger partial charge on any atom is -0.0348 e. The molecule has 0 spiro atoms. The molecule has 0 aliphatic rings. The van der Waals surface area contributed by atoms with Crippen molar-refractivity contribution in [3.8, 4) is 0 Å². The van der Waals surface area contributed by atoms with Crippen LogP contribution in [-0.4, -0.2) is 0 Å². The largest absolute Gasteiger partial charge is 0.0917 e. The smallest absolute Gasteiger partial charge is 0.0348 e. The Bertz CT molecular complexity index is 82.0. The molecule has 59 valence electrons. The molecular formula is C10H19. The molecule has 0 nitrogen and oxygen atoms in total. The summed E-state index contributed by atoms with van der Waals surface area (Å²) in [5.41, 5.74) is 0. The summed E-state index contributed by atoms with van der Waals surface area (Å²) in [7, 11) is 0. The van der Waals surface area contributed by atoms with Gasteiger partial charge in [0.25, 0.3) is 0 Å². The molecule has 1 atom stereocenters. The summed E-state index contributed by atoms with van der Waals surface area (Å²) < 4.78 is 0. The number of allylic oxidation sites excluding steroid dienone is 2. The van der Waals surface area contributed by atoms with E-state index in [-0.39, 0.29) is 0 Å². The van der Waals surface area contributed by atoms with Crippen LogP contribution in [0.25, 0.3) is 0 Å². The minimum Gasteiger partial charge on any atom is -0.0917 e. The van der Waals surface area contributed by atoms with Gasteiger partial charge in [-0.2, -0.15) is 0 Å². The van der Waals surface area contributed by atoms with E-state index in [9.17, 15) is 0 Å². The van der Waals surface area contributed by atoms with E-state index in [1.165, 1.54) is 19.3 Å². The van der Waals surface area contributed by atoms with Crippen molar-refractivity contribution in [1.29, 1.82) is 0 Å². The fourth-order valence-electron chi connectivity index (χ4n) is 1.04. The zero-order valence-electron chi connectivity index (χ0n) is 7.27. The van der Waals surface area contributed by atoms with Crippen molar-refractivity contribution in [2.24, 2.45) is 5.92 Å². The predicted molar refractivity (Wildman–Crippen MR) is 47.8 cm³/mol. The lowest BCUT2D eigenvalue weighted by atomic mass is 10.0. The lowest BCUT2D eigenvalue weighted by Crippen LogP contribution is -1.91. The van der Waals surface area contributed by atoms with E-state index < -0.39 is 0 Å². The van der Waals surface area contributed by atoms with Crippen molar-refractivity contribution in [2.75, 3.05) is 0 Å². The number of rotatable bonds is 5. The highest BCUT2D eigenvalue weighted by atomic mass is 14.0. The monoisotopic (exact) mass is 139 g/mol. The van der Waals surface area contributed by atoms with E-state index in [2.05, 4.69) is 32.9 Å². The fraction of sp³-hybridized carbons (Fsp3) is 0.700. The molecule has 0 rings (SSSR count). The van der Waals surface area contributed by atoms with Crippen LogP contribution < -0.4 is 0 Å². The van der Waals surface area contributed by atoms with Crippen LogP contribution in [0.5, 0.6) is 0 Å². The molecule has 0 heteroatoms. The highest BCUT2D eigenvalue weighted by Gasteiger charge is 1.96. The summed E-state index contributed by atoms with van der Waals surface area (Å²) in [6.07, 6.45) is 9.27. The second kappa shape index (κ2) is 6.85. The first-order chi connectivity index (χ1) is 4.81. The maximum absolute atomic E-state index is 3.84. The van der Waals surface area contributed by atoms with Gasteiger partial charge in [-0.15, -0.1) is 0 Å². The van der Waals surface area contributed by atoms with Crippen LogP contribution in [0.15, 0.2) is 12.2 Å². The lowest BCUT2D eigenvalue weighted by molar-refractivity contribution is 0.501. The summed E-state index contributed by atoms with van der Waals surface area (Å²) in [4.78, 5) is 0. The Morgan fingerprint density at radius 1 is 1.40 bits per heavy atom.